The summed E-state index contributed by atoms with van der Waals surface area (Å²) in [5.41, 5.74) is 0.682. The zero-order valence-electron chi connectivity index (χ0n) is 10.8. The Morgan fingerprint density at radius 1 is 1.25 bits per heavy atom. The molecule has 0 saturated carbocycles. The minimum absolute atomic E-state index is 0.122. The summed E-state index contributed by atoms with van der Waals surface area (Å²) >= 11 is 0. The van der Waals surface area contributed by atoms with Crippen molar-refractivity contribution < 1.29 is 9.53 Å². The molecule has 20 heavy (non-hydrogen) atoms. The number of benzene rings is 1. The number of carbonyl (C=O) groups excluding carboxylic acids is 1. The largest absolute Gasteiger partial charge is 0.493 e. The van der Waals surface area contributed by atoms with Gasteiger partial charge in [-0.3, -0.25) is 9.59 Å². The third-order valence-corrected chi connectivity index (χ3v) is 3.33. The van der Waals surface area contributed by atoms with Gasteiger partial charge in [0.05, 0.1) is 12.6 Å². The number of amides is 1. The summed E-state index contributed by atoms with van der Waals surface area (Å²) in [5, 5.41) is 2.89. The van der Waals surface area contributed by atoms with Crippen LogP contribution in [0.15, 0.2) is 47.4 Å². The minimum atomic E-state index is -0.384. The van der Waals surface area contributed by atoms with Crippen molar-refractivity contribution >= 4 is 5.91 Å². The number of pyridine rings is 1. The predicted octanol–water partition coefficient (Wildman–Crippen LogP) is 1.63. The number of carbonyl (C=O) groups is 1. The van der Waals surface area contributed by atoms with Crippen LogP contribution in [0, 0.1) is 0 Å². The molecule has 1 unspecified atom stereocenters. The van der Waals surface area contributed by atoms with E-state index >= 15 is 0 Å². The average Bonchev–Trinajstić information content (AvgIpc) is 2.48. The van der Waals surface area contributed by atoms with E-state index in [-0.39, 0.29) is 23.1 Å². The van der Waals surface area contributed by atoms with Gasteiger partial charge in [0.25, 0.3) is 11.5 Å². The Balaban J connectivity index is 1.85. The van der Waals surface area contributed by atoms with Crippen LogP contribution >= 0.6 is 0 Å². The Morgan fingerprint density at radius 2 is 2.10 bits per heavy atom. The topological polar surface area (TPSA) is 71.2 Å². The van der Waals surface area contributed by atoms with E-state index in [1.165, 1.54) is 12.3 Å². The van der Waals surface area contributed by atoms with Gasteiger partial charge in [0.2, 0.25) is 0 Å². The van der Waals surface area contributed by atoms with Gasteiger partial charge in [0.1, 0.15) is 11.3 Å². The third-order valence-electron chi connectivity index (χ3n) is 3.33. The standard InChI is InChI=1S/C15H14N2O3/c18-14-11(5-3-8-16-14)15(19)17-12-7-9-20-13-6-2-1-4-10(12)13/h1-6,8,12H,7,9H2,(H,16,18)(H,17,19). The molecular weight excluding hydrogens is 256 g/mol. The van der Waals surface area contributed by atoms with Crippen molar-refractivity contribution in [3.63, 3.8) is 0 Å². The molecule has 2 heterocycles. The molecule has 1 aromatic carbocycles. The second kappa shape index (κ2) is 5.21. The molecule has 102 valence electrons. The highest BCUT2D eigenvalue weighted by Gasteiger charge is 2.23. The Bertz CT molecular complexity index is 693. The molecule has 0 fully saturated rings. The lowest BCUT2D eigenvalue weighted by molar-refractivity contribution is 0.0923. The van der Waals surface area contributed by atoms with Gasteiger partial charge in [-0.25, -0.2) is 0 Å². The summed E-state index contributed by atoms with van der Waals surface area (Å²) in [6.07, 6.45) is 2.19. The van der Waals surface area contributed by atoms with E-state index in [0.29, 0.717) is 13.0 Å². The first kappa shape index (κ1) is 12.5. The molecule has 5 nitrogen and oxygen atoms in total. The molecule has 0 bridgehead atoms. The first-order valence-electron chi connectivity index (χ1n) is 6.46. The number of aromatic nitrogens is 1. The highest BCUT2D eigenvalue weighted by molar-refractivity contribution is 5.94. The van der Waals surface area contributed by atoms with Crippen LogP contribution in [0.25, 0.3) is 0 Å². The minimum Gasteiger partial charge on any atom is -0.493 e. The molecule has 0 aliphatic carbocycles. The number of H-pyrrole nitrogens is 1. The average molecular weight is 270 g/mol. The van der Waals surface area contributed by atoms with Gasteiger partial charge in [-0.05, 0) is 18.2 Å². The van der Waals surface area contributed by atoms with Gasteiger partial charge in [-0.1, -0.05) is 18.2 Å². The number of hydrogen-bond acceptors (Lipinski definition) is 3. The normalized spacial score (nSPS) is 16.9. The molecular formula is C15H14N2O3. The molecule has 1 aliphatic heterocycles. The number of para-hydroxylation sites is 1. The van der Waals surface area contributed by atoms with E-state index in [1.54, 1.807) is 6.07 Å². The summed E-state index contributed by atoms with van der Waals surface area (Å²) in [7, 11) is 0. The number of aromatic amines is 1. The van der Waals surface area contributed by atoms with Crippen molar-refractivity contribution in [2.45, 2.75) is 12.5 Å². The molecule has 0 radical (unpaired) electrons. The molecule has 2 N–H and O–H groups in total. The van der Waals surface area contributed by atoms with Gasteiger partial charge < -0.3 is 15.0 Å². The Morgan fingerprint density at radius 3 is 2.95 bits per heavy atom. The van der Waals surface area contributed by atoms with Crippen LogP contribution in [0.1, 0.15) is 28.4 Å². The maximum atomic E-state index is 12.2. The molecule has 0 saturated heterocycles. The van der Waals surface area contributed by atoms with E-state index < -0.39 is 0 Å². The van der Waals surface area contributed by atoms with E-state index in [9.17, 15) is 9.59 Å². The Labute approximate surface area is 115 Å². The molecule has 1 aromatic heterocycles. The molecule has 1 atom stereocenters. The van der Waals surface area contributed by atoms with Crippen molar-refractivity contribution in [1.82, 2.24) is 10.3 Å². The van der Waals surface area contributed by atoms with Gasteiger partial charge in [-0.2, -0.15) is 0 Å². The highest BCUT2D eigenvalue weighted by Crippen LogP contribution is 2.31. The van der Waals surface area contributed by atoms with Gasteiger partial charge in [0, 0.05) is 18.2 Å². The van der Waals surface area contributed by atoms with Crippen molar-refractivity contribution in [3.05, 3.63) is 64.1 Å². The maximum absolute atomic E-state index is 12.2. The van der Waals surface area contributed by atoms with Crippen molar-refractivity contribution in [1.29, 1.82) is 0 Å². The smallest absolute Gasteiger partial charge is 0.260 e. The fourth-order valence-corrected chi connectivity index (χ4v) is 2.33. The third kappa shape index (κ3) is 2.30. The predicted molar refractivity (Wildman–Crippen MR) is 73.8 cm³/mol. The van der Waals surface area contributed by atoms with Crippen LogP contribution in [-0.2, 0) is 0 Å². The van der Waals surface area contributed by atoms with Gasteiger partial charge >= 0.3 is 0 Å². The number of hydrogen-bond donors (Lipinski definition) is 2. The highest BCUT2D eigenvalue weighted by atomic mass is 16.5. The fraction of sp³-hybridized carbons (Fsp3) is 0.200. The van der Waals surface area contributed by atoms with Crippen molar-refractivity contribution in [2.24, 2.45) is 0 Å². The Hall–Kier alpha value is -2.56. The molecule has 1 aliphatic rings. The van der Waals surface area contributed by atoms with Crippen LogP contribution in [0.4, 0.5) is 0 Å². The number of fused-ring (bicyclic) bond motifs is 1. The van der Waals surface area contributed by atoms with Gasteiger partial charge in [0.15, 0.2) is 0 Å². The van der Waals surface area contributed by atoms with Crippen LogP contribution in [0.2, 0.25) is 0 Å². The van der Waals surface area contributed by atoms with Crippen molar-refractivity contribution in [3.8, 4) is 5.75 Å². The lowest BCUT2D eigenvalue weighted by Gasteiger charge is -2.26. The zero-order chi connectivity index (χ0) is 13.9. The zero-order valence-corrected chi connectivity index (χ0v) is 10.8. The lowest BCUT2D eigenvalue weighted by Crippen LogP contribution is -2.35. The summed E-state index contributed by atoms with van der Waals surface area (Å²) in [4.78, 5) is 26.3. The summed E-state index contributed by atoms with van der Waals surface area (Å²) in [5.74, 6) is 0.416. The SMILES string of the molecule is O=C(NC1CCOc2ccccc21)c1ccc[nH]c1=O. The second-order valence-corrected chi connectivity index (χ2v) is 4.61. The number of nitrogens with one attached hydrogen (secondary N) is 2. The fourth-order valence-electron chi connectivity index (χ4n) is 2.33. The van der Waals surface area contributed by atoms with E-state index in [2.05, 4.69) is 10.3 Å². The van der Waals surface area contributed by atoms with Crippen LogP contribution in [0.5, 0.6) is 5.75 Å². The van der Waals surface area contributed by atoms with Crippen LogP contribution in [0.3, 0.4) is 0 Å². The van der Waals surface area contributed by atoms with Gasteiger partial charge in [-0.15, -0.1) is 0 Å². The molecule has 1 amide bonds. The molecule has 5 heteroatoms. The van der Waals surface area contributed by atoms with Crippen LogP contribution in [-0.4, -0.2) is 17.5 Å². The summed E-state index contributed by atoms with van der Waals surface area (Å²) in [6, 6.07) is 10.6. The molecule has 0 spiro atoms. The quantitative estimate of drug-likeness (QED) is 0.871. The first-order valence-corrected chi connectivity index (χ1v) is 6.46. The van der Waals surface area contributed by atoms with E-state index in [0.717, 1.165) is 11.3 Å². The van der Waals surface area contributed by atoms with Crippen molar-refractivity contribution in [2.75, 3.05) is 6.61 Å². The number of rotatable bonds is 2. The van der Waals surface area contributed by atoms with Crippen LogP contribution < -0.4 is 15.6 Å². The Kier molecular flexibility index (Phi) is 3.25. The monoisotopic (exact) mass is 270 g/mol. The van der Waals surface area contributed by atoms with E-state index in [4.69, 9.17) is 4.74 Å². The number of ether oxygens (including phenoxy) is 1. The summed E-state index contributed by atoms with van der Waals surface area (Å²) in [6.45, 7) is 0.549. The lowest BCUT2D eigenvalue weighted by atomic mass is 10.0. The molecule has 2 aromatic rings. The first-order chi connectivity index (χ1) is 9.75. The molecule has 3 rings (SSSR count). The maximum Gasteiger partial charge on any atom is 0.260 e. The second-order valence-electron chi connectivity index (χ2n) is 4.61. The summed E-state index contributed by atoms with van der Waals surface area (Å²) < 4.78 is 5.55. The van der Waals surface area contributed by atoms with E-state index in [1.807, 2.05) is 24.3 Å².